The Hall–Kier alpha value is -1.36. The molecule has 1 amide bonds. The molecule has 1 saturated heterocycles. The van der Waals surface area contributed by atoms with Crippen molar-refractivity contribution in [1.82, 2.24) is 10.5 Å². The molecule has 94 valence electrons. The summed E-state index contributed by atoms with van der Waals surface area (Å²) < 4.78 is 10.3. The van der Waals surface area contributed by atoms with Crippen molar-refractivity contribution in [2.45, 2.75) is 39.2 Å². The zero-order valence-corrected chi connectivity index (χ0v) is 10.3. The number of rotatable bonds is 3. The molecule has 1 fully saturated rings. The first-order chi connectivity index (χ1) is 8.16. The fourth-order valence-corrected chi connectivity index (χ4v) is 2.04. The summed E-state index contributed by atoms with van der Waals surface area (Å²) in [5.41, 5.74) is 1.69. The molecule has 0 bridgehead atoms. The fraction of sp³-hybridized carbons (Fsp3) is 0.667. The van der Waals surface area contributed by atoms with Gasteiger partial charge in [-0.2, -0.15) is 0 Å². The smallest absolute Gasteiger partial charge is 0.224 e. The molecule has 2 rings (SSSR count). The standard InChI is InChI=1S/C12H18N2O3/c1-8-11(9(2)17-14-8)7-12(15)13-10-3-5-16-6-4-10/h10H,3-7H2,1-2H3,(H,13,15). The van der Waals surface area contributed by atoms with E-state index in [1.165, 1.54) is 0 Å². The van der Waals surface area contributed by atoms with E-state index in [1.54, 1.807) is 0 Å². The maximum Gasteiger partial charge on any atom is 0.224 e. The number of hydrogen-bond acceptors (Lipinski definition) is 4. The van der Waals surface area contributed by atoms with E-state index in [-0.39, 0.29) is 11.9 Å². The third kappa shape index (κ3) is 3.06. The number of nitrogens with one attached hydrogen (secondary N) is 1. The summed E-state index contributed by atoms with van der Waals surface area (Å²) in [4.78, 5) is 11.9. The lowest BCUT2D eigenvalue weighted by molar-refractivity contribution is -0.121. The first-order valence-corrected chi connectivity index (χ1v) is 5.95. The van der Waals surface area contributed by atoms with Gasteiger partial charge in [-0.25, -0.2) is 0 Å². The Morgan fingerprint density at radius 1 is 1.41 bits per heavy atom. The predicted octanol–water partition coefficient (Wildman–Crippen LogP) is 1.13. The van der Waals surface area contributed by atoms with E-state index in [0.717, 1.165) is 43.1 Å². The van der Waals surface area contributed by atoms with E-state index in [2.05, 4.69) is 10.5 Å². The second-order valence-electron chi connectivity index (χ2n) is 4.43. The van der Waals surface area contributed by atoms with Crippen LogP contribution in [0.1, 0.15) is 29.9 Å². The zero-order valence-electron chi connectivity index (χ0n) is 10.3. The second-order valence-corrected chi connectivity index (χ2v) is 4.43. The largest absolute Gasteiger partial charge is 0.381 e. The van der Waals surface area contributed by atoms with Gasteiger partial charge in [0.15, 0.2) is 0 Å². The molecule has 1 aromatic heterocycles. The van der Waals surface area contributed by atoms with Crippen LogP contribution in [0.5, 0.6) is 0 Å². The van der Waals surface area contributed by atoms with Crippen LogP contribution in [0.4, 0.5) is 0 Å². The van der Waals surface area contributed by atoms with Crippen molar-refractivity contribution in [2.24, 2.45) is 0 Å². The molecule has 1 aliphatic rings. The van der Waals surface area contributed by atoms with Crippen molar-refractivity contribution in [3.05, 3.63) is 17.0 Å². The van der Waals surface area contributed by atoms with Crippen molar-refractivity contribution < 1.29 is 14.1 Å². The average molecular weight is 238 g/mol. The van der Waals surface area contributed by atoms with Crippen LogP contribution in [-0.2, 0) is 16.0 Å². The van der Waals surface area contributed by atoms with E-state index in [1.807, 2.05) is 13.8 Å². The highest BCUT2D eigenvalue weighted by molar-refractivity contribution is 5.79. The van der Waals surface area contributed by atoms with Gasteiger partial charge in [0.25, 0.3) is 0 Å². The summed E-state index contributed by atoms with van der Waals surface area (Å²) in [7, 11) is 0. The molecule has 0 aromatic carbocycles. The van der Waals surface area contributed by atoms with Crippen LogP contribution in [0.2, 0.25) is 0 Å². The Morgan fingerprint density at radius 2 is 2.12 bits per heavy atom. The highest BCUT2D eigenvalue weighted by Gasteiger charge is 2.18. The van der Waals surface area contributed by atoms with Crippen LogP contribution >= 0.6 is 0 Å². The molecule has 1 aliphatic heterocycles. The van der Waals surface area contributed by atoms with Crippen molar-refractivity contribution in [2.75, 3.05) is 13.2 Å². The minimum Gasteiger partial charge on any atom is -0.381 e. The van der Waals surface area contributed by atoms with Crippen LogP contribution in [-0.4, -0.2) is 30.3 Å². The molecule has 0 saturated carbocycles. The molecular weight excluding hydrogens is 220 g/mol. The van der Waals surface area contributed by atoms with Gasteiger partial charge in [0.05, 0.1) is 12.1 Å². The first kappa shape index (κ1) is 12.1. The predicted molar refractivity (Wildman–Crippen MR) is 61.7 cm³/mol. The van der Waals surface area contributed by atoms with Gasteiger partial charge in [-0.05, 0) is 26.7 Å². The number of aromatic nitrogens is 1. The summed E-state index contributed by atoms with van der Waals surface area (Å²) in [6, 6.07) is 0.247. The second kappa shape index (κ2) is 5.31. The number of amides is 1. The highest BCUT2D eigenvalue weighted by Crippen LogP contribution is 2.13. The van der Waals surface area contributed by atoms with Crippen LogP contribution in [0.3, 0.4) is 0 Å². The maximum absolute atomic E-state index is 11.9. The molecule has 0 spiro atoms. The minimum absolute atomic E-state index is 0.0336. The summed E-state index contributed by atoms with van der Waals surface area (Å²) in [5.74, 6) is 0.760. The first-order valence-electron chi connectivity index (χ1n) is 5.95. The Balaban J connectivity index is 1.88. The molecular formula is C12H18N2O3. The van der Waals surface area contributed by atoms with Gasteiger partial charge in [0, 0.05) is 24.8 Å². The normalized spacial score (nSPS) is 17.1. The number of ether oxygens (including phenoxy) is 1. The minimum atomic E-state index is 0.0336. The fourth-order valence-electron chi connectivity index (χ4n) is 2.04. The number of aryl methyl sites for hydroxylation is 2. The van der Waals surface area contributed by atoms with Crippen molar-refractivity contribution >= 4 is 5.91 Å². The molecule has 5 nitrogen and oxygen atoms in total. The molecule has 1 N–H and O–H groups in total. The van der Waals surface area contributed by atoms with Gasteiger partial charge in [-0.1, -0.05) is 5.16 Å². The van der Waals surface area contributed by atoms with Crippen LogP contribution in [0.25, 0.3) is 0 Å². The van der Waals surface area contributed by atoms with Gasteiger partial charge in [0.2, 0.25) is 5.91 Å². The van der Waals surface area contributed by atoms with E-state index in [9.17, 15) is 4.79 Å². The average Bonchev–Trinajstić information content (AvgIpc) is 2.62. The topological polar surface area (TPSA) is 64.4 Å². The molecule has 17 heavy (non-hydrogen) atoms. The monoisotopic (exact) mass is 238 g/mol. The lowest BCUT2D eigenvalue weighted by Crippen LogP contribution is -2.39. The number of nitrogens with zero attached hydrogens (tertiary/aromatic N) is 1. The molecule has 0 unspecified atom stereocenters. The van der Waals surface area contributed by atoms with Gasteiger partial charge < -0.3 is 14.6 Å². The Morgan fingerprint density at radius 3 is 2.71 bits per heavy atom. The van der Waals surface area contributed by atoms with Gasteiger partial charge in [0.1, 0.15) is 5.76 Å². The third-order valence-electron chi connectivity index (χ3n) is 3.10. The highest BCUT2D eigenvalue weighted by atomic mass is 16.5. The molecule has 5 heteroatoms. The van der Waals surface area contributed by atoms with Crippen molar-refractivity contribution in [3.63, 3.8) is 0 Å². The molecule has 0 atom stereocenters. The Kier molecular flexibility index (Phi) is 3.78. The summed E-state index contributed by atoms with van der Waals surface area (Å²) in [5, 5.41) is 6.86. The number of hydrogen-bond donors (Lipinski definition) is 1. The van der Waals surface area contributed by atoms with Crippen LogP contribution < -0.4 is 5.32 Å². The van der Waals surface area contributed by atoms with Crippen molar-refractivity contribution in [1.29, 1.82) is 0 Å². The van der Waals surface area contributed by atoms with E-state index >= 15 is 0 Å². The van der Waals surface area contributed by atoms with Gasteiger partial charge in [-0.15, -0.1) is 0 Å². The lowest BCUT2D eigenvalue weighted by atomic mass is 10.1. The number of carbonyl (C=O) groups is 1. The van der Waals surface area contributed by atoms with E-state index < -0.39 is 0 Å². The zero-order chi connectivity index (χ0) is 12.3. The summed E-state index contributed by atoms with van der Waals surface area (Å²) in [6.07, 6.45) is 2.14. The number of carbonyl (C=O) groups excluding carboxylic acids is 1. The third-order valence-corrected chi connectivity index (χ3v) is 3.10. The Labute approximate surface area is 101 Å². The van der Waals surface area contributed by atoms with Crippen molar-refractivity contribution in [3.8, 4) is 0 Å². The van der Waals surface area contributed by atoms with E-state index in [4.69, 9.17) is 9.26 Å². The van der Waals surface area contributed by atoms with Crippen LogP contribution in [0.15, 0.2) is 4.52 Å². The Bertz CT molecular complexity index is 375. The van der Waals surface area contributed by atoms with Gasteiger partial charge >= 0.3 is 0 Å². The summed E-state index contributed by atoms with van der Waals surface area (Å²) >= 11 is 0. The van der Waals surface area contributed by atoms with Crippen LogP contribution in [0, 0.1) is 13.8 Å². The SMILES string of the molecule is Cc1noc(C)c1CC(=O)NC1CCOCC1. The molecule has 0 radical (unpaired) electrons. The maximum atomic E-state index is 11.9. The van der Waals surface area contributed by atoms with E-state index in [0.29, 0.717) is 6.42 Å². The molecule has 1 aromatic rings. The quantitative estimate of drug-likeness (QED) is 0.857. The summed E-state index contributed by atoms with van der Waals surface area (Å²) in [6.45, 7) is 5.15. The lowest BCUT2D eigenvalue weighted by Gasteiger charge is -2.23. The molecule has 2 heterocycles. The molecule has 0 aliphatic carbocycles. The van der Waals surface area contributed by atoms with Gasteiger partial charge in [-0.3, -0.25) is 4.79 Å².